The van der Waals surface area contributed by atoms with Gasteiger partial charge in [-0.25, -0.2) is 9.18 Å². The Morgan fingerprint density at radius 3 is 2.71 bits per heavy atom. The van der Waals surface area contributed by atoms with E-state index in [1.165, 1.54) is 36.0 Å². The predicted molar refractivity (Wildman–Crippen MR) is 104 cm³/mol. The fraction of sp³-hybridized carbons (Fsp3) is 0.286. The van der Waals surface area contributed by atoms with Crippen LogP contribution in [-0.2, 0) is 19.4 Å². The normalized spacial score (nSPS) is 13.3. The summed E-state index contributed by atoms with van der Waals surface area (Å²) in [4.78, 5) is 29.3. The van der Waals surface area contributed by atoms with E-state index in [-0.39, 0.29) is 23.0 Å². The molecule has 0 aliphatic heterocycles. The summed E-state index contributed by atoms with van der Waals surface area (Å²) in [7, 11) is 0. The summed E-state index contributed by atoms with van der Waals surface area (Å²) in [5, 5.41) is 0.630. The van der Waals surface area contributed by atoms with Gasteiger partial charge < -0.3 is 4.42 Å². The van der Waals surface area contributed by atoms with E-state index >= 15 is 0 Å². The molecule has 0 saturated carbocycles. The molecular formula is C21H19FN2O3S. The molecule has 0 radical (unpaired) electrons. The Morgan fingerprint density at radius 2 is 1.96 bits per heavy atom. The minimum atomic E-state index is -0.375. The molecule has 0 unspecified atom stereocenters. The Morgan fingerprint density at radius 1 is 1.18 bits per heavy atom. The summed E-state index contributed by atoms with van der Waals surface area (Å²) in [5.74, 6) is 0.381. The maximum atomic E-state index is 13.0. The van der Waals surface area contributed by atoms with Crippen LogP contribution in [0.5, 0.6) is 0 Å². The Balaban J connectivity index is 1.59. The lowest BCUT2D eigenvalue weighted by molar-refractivity contribution is 0.102. The number of furan rings is 1. The van der Waals surface area contributed by atoms with Crippen LogP contribution in [0.15, 0.2) is 56.9 Å². The maximum absolute atomic E-state index is 13.0. The van der Waals surface area contributed by atoms with Gasteiger partial charge in [0.25, 0.3) is 0 Å². The van der Waals surface area contributed by atoms with Crippen LogP contribution in [0.2, 0.25) is 0 Å². The van der Waals surface area contributed by atoms with Crippen molar-refractivity contribution >= 4 is 17.5 Å². The quantitative estimate of drug-likeness (QED) is 0.358. The number of ketones is 1. The minimum Gasteiger partial charge on any atom is -0.467 e. The first kappa shape index (κ1) is 18.7. The van der Waals surface area contributed by atoms with Crippen LogP contribution < -0.4 is 5.69 Å². The first-order chi connectivity index (χ1) is 13.6. The van der Waals surface area contributed by atoms with Crippen molar-refractivity contribution in [3.63, 3.8) is 0 Å². The standard InChI is InChI=1S/C21H19FN2O3S/c22-15-9-7-14(8-10-15)19(25)13-28-20-17-5-1-2-6-18(17)24(21(26)23-20)12-16-4-3-11-27-16/h3-4,7-11H,1-2,5-6,12-13H2. The molecule has 0 bridgehead atoms. The molecule has 0 spiro atoms. The Labute approximate surface area is 165 Å². The molecule has 1 aromatic carbocycles. The van der Waals surface area contributed by atoms with Gasteiger partial charge in [0, 0.05) is 16.8 Å². The summed E-state index contributed by atoms with van der Waals surface area (Å²) < 4.78 is 20.1. The van der Waals surface area contributed by atoms with Gasteiger partial charge in [0.1, 0.15) is 16.6 Å². The van der Waals surface area contributed by atoms with E-state index in [9.17, 15) is 14.0 Å². The molecule has 2 aromatic heterocycles. The summed E-state index contributed by atoms with van der Waals surface area (Å²) in [5.41, 5.74) is 2.16. The first-order valence-electron chi connectivity index (χ1n) is 9.18. The second-order valence-electron chi connectivity index (χ2n) is 6.72. The van der Waals surface area contributed by atoms with Gasteiger partial charge in [0.2, 0.25) is 0 Å². The number of halogens is 1. The molecule has 2 heterocycles. The molecule has 0 atom stereocenters. The third kappa shape index (κ3) is 3.94. The van der Waals surface area contributed by atoms with Crippen molar-refractivity contribution in [3.05, 3.63) is 81.5 Å². The number of nitrogens with zero attached hydrogens (tertiary/aromatic N) is 2. The fourth-order valence-electron chi connectivity index (χ4n) is 3.44. The van der Waals surface area contributed by atoms with Crippen molar-refractivity contribution in [3.8, 4) is 0 Å². The molecular weight excluding hydrogens is 379 g/mol. The van der Waals surface area contributed by atoms with Gasteiger partial charge >= 0.3 is 5.69 Å². The predicted octanol–water partition coefficient (Wildman–Crippen LogP) is 3.88. The minimum absolute atomic E-state index is 0.115. The number of benzene rings is 1. The molecule has 0 fully saturated rings. The molecule has 0 N–H and O–H groups in total. The Hall–Kier alpha value is -2.67. The lowest BCUT2D eigenvalue weighted by Crippen LogP contribution is -2.30. The first-order valence-corrected chi connectivity index (χ1v) is 10.2. The van der Waals surface area contributed by atoms with Crippen molar-refractivity contribution in [1.82, 2.24) is 9.55 Å². The van der Waals surface area contributed by atoms with Crippen LogP contribution in [0.25, 0.3) is 0 Å². The second kappa shape index (κ2) is 8.14. The molecule has 7 heteroatoms. The monoisotopic (exact) mass is 398 g/mol. The number of rotatable bonds is 6. The van der Waals surface area contributed by atoms with Crippen molar-refractivity contribution < 1.29 is 13.6 Å². The van der Waals surface area contributed by atoms with Gasteiger partial charge in [-0.3, -0.25) is 9.36 Å². The average molecular weight is 398 g/mol. The van der Waals surface area contributed by atoms with Crippen LogP contribution >= 0.6 is 11.8 Å². The maximum Gasteiger partial charge on any atom is 0.349 e. The number of carbonyl (C=O) groups is 1. The molecule has 1 aliphatic rings. The van der Waals surface area contributed by atoms with E-state index in [4.69, 9.17) is 4.42 Å². The molecule has 1 aliphatic carbocycles. The zero-order valence-electron chi connectivity index (χ0n) is 15.2. The van der Waals surface area contributed by atoms with E-state index in [1.807, 2.05) is 6.07 Å². The number of Topliss-reactive ketones (excluding diaryl/α,β-unsaturated/α-hetero) is 1. The van der Waals surface area contributed by atoms with Gasteiger partial charge in [-0.2, -0.15) is 4.98 Å². The van der Waals surface area contributed by atoms with Gasteiger partial charge in [0.05, 0.1) is 18.6 Å². The van der Waals surface area contributed by atoms with Crippen molar-refractivity contribution in [2.75, 3.05) is 5.75 Å². The molecule has 3 aromatic rings. The Kier molecular flexibility index (Phi) is 5.43. The lowest BCUT2D eigenvalue weighted by atomic mass is 9.97. The van der Waals surface area contributed by atoms with Crippen LogP contribution in [0.3, 0.4) is 0 Å². The number of carbonyl (C=O) groups excluding carboxylic acids is 1. The highest BCUT2D eigenvalue weighted by Crippen LogP contribution is 2.29. The highest BCUT2D eigenvalue weighted by atomic mass is 32.2. The molecule has 0 amide bonds. The van der Waals surface area contributed by atoms with E-state index in [0.29, 0.717) is 22.9 Å². The third-order valence-electron chi connectivity index (χ3n) is 4.85. The fourth-order valence-corrected chi connectivity index (χ4v) is 4.41. The van der Waals surface area contributed by atoms with E-state index in [1.54, 1.807) is 16.9 Å². The summed E-state index contributed by atoms with van der Waals surface area (Å²) in [6.07, 6.45) is 5.30. The zero-order chi connectivity index (χ0) is 19.5. The number of aromatic nitrogens is 2. The van der Waals surface area contributed by atoms with E-state index < -0.39 is 0 Å². The smallest absolute Gasteiger partial charge is 0.349 e. The van der Waals surface area contributed by atoms with Crippen LogP contribution in [0.4, 0.5) is 4.39 Å². The SMILES string of the molecule is O=C(CSc1nc(=O)n(Cc2ccco2)c2c1CCCC2)c1ccc(F)cc1. The summed E-state index contributed by atoms with van der Waals surface area (Å²) in [6.45, 7) is 0.362. The van der Waals surface area contributed by atoms with Crippen LogP contribution in [0, 0.1) is 5.82 Å². The molecule has 5 nitrogen and oxygen atoms in total. The van der Waals surface area contributed by atoms with Gasteiger partial charge in [-0.05, 0) is 62.1 Å². The Bertz CT molecular complexity index is 1040. The molecule has 28 heavy (non-hydrogen) atoms. The van der Waals surface area contributed by atoms with Gasteiger partial charge in [0.15, 0.2) is 5.78 Å². The van der Waals surface area contributed by atoms with Crippen molar-refractivity contribution in [2.24, 2.45) is 0 Å². The largest absolute Gasteiger partial charge is 0.467 e. The number of hydrogen-bond acceptors (Lipinski definition) is 5. The highest BCUT2D eigenvalue weighted by Gasteiger charge is 2.21. The second-order valence-corrected chi connectivity index (χ2v) is 7.68. The topological polar surface area (TPSA) is 65.1 Å². The number of fused-ring (bicyclic) bond motifs is 1. The summed E-state index contributed by atoms with van der Waals surface area (Å²) in [6, 6.07) is 9.13. The highest BCUT2D eigenvalue weighted by molar-refractivity contribution is 8.00. The van der Waals surface area contributed by atoms with Gasteiger partial charge in [-0.1, -0.05) is 11.8 Å². The number of hydrogen-bond donors (Lipinski definition) is 0. The van der Waals surface area contributed by atoms with Crippen molar-refractivity contribution in [1.29, 1.82) is 0 Å². The summed E-state index contributed by atoms with van der Waals surface area (Å²) >= 11 is 1.28. The van der Waals surface area contributed by atoms with Gasteiger partial charge in [-0.15, -0.1) is 0 Å². The van der Waals surface area contributed by atoms with Crippen LogP contribution in [-0.4, -0.2) is 21.1 Å². The molecule has 0 saturated heterocycles. The molecule has 144 valence electrons. The molecule has 4 rings (SSSR count). The third-order valence-corrected chi connectivity index (χ3v) is 5.87. The zero-order valence-corrected chi connectivity index (χ0v) is 16.0. The van der Waals surface area contributed by atoms with E-state index in [2.05, 4.69) is 4.98 Å². The lowest BCUT2D eigenvalue weighted by Gasteiger charge is -2.22. The average Bonchev–Trinajstić information content (AvgIpc) is 3.22. The van der Waals surface area contributed by atoms with Crippen LogP contribution in [0.1, 0.15) is 40.2 Å². The van der Waals surface area contributed by atoms with E-state index in [0.717, 1.165) is 36.9 Å². The van der Waals surface area contributed by atoms with Crippen molar-refractivity contribution in [2.45, 2.75) is 37.3 Å². The number of thioether (sulfide) groups is 1.